The molecule has 1 aliphatic heterocycles. The Morgan fingerprint density at radius 1 is 1.21 bits per heavy atom. The van der Waals surface area contributed by atoms with E-state index < -0.39 is 0 Å². The van der Waals surface area contributed by atoms with Crippen molar-refractivity contribution in [1.29, 1.82) is 0 Å². The van der Waals surface area contributed by atoms with E-state index in [1.165, 1.54) is 0 Å². The predicted molar refractivity (Wildman–Crippen MR) is 94.8 cm³/mol. The highest BCUT2D eigenvalue weighted by molar-refractivity contribution is 6.30. The number of benzene rings is 1. The number of rotatable bonds is 4. The van der Waals surface area contributed by atoms with Gasteiger partial charge in [0.25, 0.3) is 5.91 Å². The monoisotopic (exact) mass is 345 g/mol. The van der Waals surface area contributed by atoms with Crippen LogP contribution in [0.25, 0.3) is 0 Å². The fourth-order valence-corrected chi connectivity index (χ4v) is 2.73. The molecule has 0 radical (unpaired) electrons. The third-order valence-electron chi connectivity index (χ3n) is 4.05. The summed E-state index contributed by atoms with van der Waals surface area (Å²) in [6, 6.07) is 10.3. The van der Waals surface area contributed by atoms with Crippen LogP contribution >= 0.6 is 11.6 Å². The molecule has 0 spiro atoms. The summed E-state index contributed by atoms with van der Waals surface area (Å²) in [5.74, 6) is 0.395. The number of pyridine rings is 1. The molecule has 1 saturated heterocycles. The molecular formula is C18H20ClN3O2. The highest BCUT2D eigenvalue weighted by Gasteiger charge is 2.18. The van der Waals surface area contributed by atoms with Gasteiger partial charge in [-0.1, -0.05) is 11.6 Å². The zero-order valence-electron chi connectivity index (χ0n) is 13.5. The van der Waals surface area contributed by atoms with Gasteiger partial charge < -0.3 is 15.0 Å². The molecule has 2 aromatic rings. The number of hydrogen-bond acceptors (Lipinski definition) is 4. The van der Waals surface area contributed by atoms with Crippen molar-refractivity contribution < 1.29 is 9.53 Å². The fraction of sp³-hybridized carbons (Fsp3) is 0.333. The number of carbonyl (C=O) groups is 1. The minimum absolute atomic E-state index is 0.197. The Bertz CT molecular complexity index is 680. The van der Waals surface area contributed by atoms with Crippen LogP contribution in [-0.2, 0) is 0 Å². The summed E-state index contributed by atoms with van der Waals surface area (Å²) in [6.07, 6.45) is 3.83. The van der Waals surface area contributed by atoms with Crippen molar-refractivity contribution in [3.05, 3.63) is 53.2 Å². The maximum absolute atomic E-state index is 12.1. The van der Waals surface area contributed by atoms with Gasteiger partial charge in [0, 0.05) is 29.7 Å². The van der Waals surface area contributed by atoms with E-state index in [-0.39, 0.29) is 12.0 Å². The van der Waals surface area contributed by atoms with E-state index in [9.17, 15) is 4.79 Å². The molecule has 1 amide bonds. The van der Waals surface area contributed by atoms with Gasteiger partial charge in [-0.25, -0.2) is 4.98 Å². The number of halogens is 1. The first-order valence-electron chi connectivity index (χ1n) is 7.98. The maximum atomic E-state index is 12.1. The second-order valence-electron chi connectivity index (χ2n) is 5.97. The highest BCUT2D eigenvalue weighted by atomic mass is 35.5. The van der Waals surface area contributed by atoms with Crippen LogP contribution in [0, 0.1) is 0 Å². The van der Waals surface area contributed by atoms with Crippen LogP contribution < -0.4 is 10.1 Å². The lowest BCUT2D eigenvalue weighted by Crippen LogP contribution is -2.35. The van der Waals surface area contributed by atoms with Gasteiger partial charge in [0.05, 0.1) is 11.9 Å². The van der Waals surface area contributed by atoms with Crippen molar-refractivity contribution >= 4 is 23.2 Å². The molecule has 0 unspecified atom stereocenters. The Kier molecular flexibility index (Phi) is 5.33. The lowest BCUT2D eigenvalue weighted by atomic mass is 10.1. The summed E-state index contributed by atoms with van der Waals surface area (Å²) >= 11 is 5.82. The van der Waals surface area contributed by atoms with Gasteiger partial charge >= 0.3 is 0 Å². The predicted octanol–water partition coefficient (Wildman–Crippen LogP) is 3.46. The Morgan fingerprint density at radius 2 is 1.92 bits per heavy atom. The molecule has 1 aromatic heterocycles. The van der Waals surface area contributed by atoms with Gasteiger partial charge in [-0.15, -0.1) is 0 Å². The second-order valence-corrected chi connectivity index (χ2v) is 6.40. The molecule has 126 valence electrons. The Balaban J connectivity index is 1.56. The number of amides is 1. The van der Waals surface area contributed by atoms with Gasteiger partial charge in [0.15, 0.2) is 0 Å². The van der Waals surface area contributed by atoms with E-state index >= 15 is 0 Å². The summed E-state index contributed by atoms with van der Waals surface area (Å²) in [5, 5.41) is 3.41. The van der Waals surface area contributed by atoms with E-state index in [1.54, 1.807) is 42.6 Å². The van der Waals surface area contributed by atoms with E-state index in [0.29, 0.717) is 22.2 Å². The molecule has 0 atom stereocenters. The first kappa shape index (κ1) is 16.7. The Morgan fingerprint density at radius 3 is 2.54 bits per heavy atom. The molecule has 3 rings (SSSR count). The molecular weight excluding hydrogens is 326 g/mol. The quantitative estimate of drug-likeness (QED) is 0.922. The van der Waals surface area contributed by atoms with Gasteiger partial charge in [-0.05, 0) is 50.2 Å². The van der Waals surface area contributed by atoms with Crippen molar-refractivity contribution in [3.8, 4) is 5.88 Å². The highest BCUT2D eigenvalue weighted by Crippen LogP contribution is 2.18. The number of likely N-dealkylation sites (tertiary alicyclic amines) is 1. The normalized spacial score (nSPS) is 15.9. The number of nitrogens with one attached hydrogen (secondary N) is 1. The Hall–Kier alpha value is -2.11. The smallest absolute Gasteiger partial charge is 0.255 e. The largest absolute Gasteiger partial charge is 0.474 e. The van der Waals surface area contributed by atoms with Crippen LogP contribution in [0.2, 0.25) is 5.02 Å². The number of nitrogens with zero attached hydrogens (tertiary/aromatic N) is 2. The standard InChI is InChI=1S/C18H20ClN3O2/c1-22-10-8-16(9-11-22)24-17-7-6-15(12-20-17)21-18(23)13-2-4-14(19)5-3-13/h2-7,12,16H,8-11H2,1H3,(H,21,23). The summed E-state index contributed by atoms with van der Waals surface area (Å²) in [6.45, 7) is 2.08. The lowest BCUT2D eigenvalue weighted by molar-refractivity contribution is 0.102. The maximum Gasteiger partial charge on any atom is 0.255 e. The molecule has 1 N–H and O–H groups in total. The molecule has 0 bridgehead atoms. The van der Waals surface area contributed by atoms with Crippen LogP contribution in [0.4, 0.5) is 5.69 Å². The van der Waals surface area contributed by atoms with Crippen LogP contribution in [0.3, 0.4) is 0 Å². The first-order valence-corrected chi connectivity index (χ1v) is 8.36. The van der Waals surface area contributed by atoms with Gasteiger partial charge in [0.1, 0.15) is 6.10 Å². The average molecular weight is 346 g/mol. The number of piperidine rings is 1. The third-order valence-corrected chi connectivity index (χ3v) is 4.31. The number of anilines is 1. The van der Waals surface area contributed by atoms with Gasteiger partial charge in [0.2, 0.25) is 5.88 Å². The minimum Gasteiger partial charge on any atom is -0.474 e. The first-order chi connectivity index (χ1) is 11.6. The summed E-state index contributed by atoms with van der Waals surface area (Å²) < 4.78 is 5.90. The van der Waals surface area contributed by atoms with E-state index in [1.807, 2.05) is 0 Å². The minimum atomic E-state index is -0.197. The number of carbonyl (C=O) groups excluding carboxylic acids is 1. The van der Waals surface area contributed by atoms with Crippen molar-refractivity contribution in [2.45, 2.75) is 18.9 Å². The average Bonchev–Trinajstić information content (AvgIpc) is 2.59. The lowest BCUT2D eigenvalue weighted by Gasteiger charge is -2.28. The molecule has 2 heterocycles. The number of ether oxygens (including phenoxy) is 1. The van der Waals surface area contributed by atoms with Crippen molar-refractivity contribution in [1.82, 2.24) is 9.88 Å². The van der Waals surface area contributed by atoms with Crippen LogP contribution in [0.1, 0.15) is 23.2 Å². The van der Waals surface area contributed by atoms with E-state index in [4.69, 9.17) is 16.3 Å². The summed E-state index contributed by atoms with van der Waals surface area (Å²) in [5.41, 5.74) is 1.18. The zero-order valence-corrected chi connectivity index (χ0v) is 14.3. The summed E-state index contributed by atoms with van der Waals surface area (Å²) in [7, 11) is 2.12. The molecule has 1 aromatic carbocycles. The fourth-order valence-electron chi connectivity index (χ4n) is 2.60. The molecule has 1 fully saturated rings. The van der Waals surface area contributed by atoms with Crippen molar-refractivity contribution in [2.24, 2.45) is 0 Å². The third kappa shape index (κ3) is 4.46. The topological polar surface area (TPSA) is 54.5 Å². The van der Waals surface area contributed by atoms with Crippen LogP contribution in [-0.4, -0.2) is 42.0 Å². The summed E-state index contributed by atoms with van der Waals surface area (Å²) in [4.78, 5) is 18.7. The van der Waals surface area contributed by atoms with Crippen LogP contribution in [0.5, 0.6) is 5.88 Å². The van der Waals surface area contributed by atoms with E-state index in [0.717, 1.165) is 25.9 Å². The van der Waals surface area contributed by atoms with Crippen LogP contribution in [0.15, 0.2) is 42.6 Å². The molecule has 6 heteroatoms. The zero-order chi connectivity index (χ0) is 16.9. The molecule has 1 aliphatic rings. The molecule has 5 nitrogen and oxygen atoms in total. The van der Waals surface area contributed by atoms with E-state index in [2.05, 4.69) is 22.2 Å². The number of hydrogen-bond donors (Lipinski definition) is 1. The molecule has 0 saturated carbocycles. The van der Waals surface area contributed by atoms with Gasteiger partial charge in [-0.2, -0.15) is 0 Å². The Labute approximate surface area is 146 Å². The van der Waals surface area contributed by atoms with Crippen molar-refractivity contribution in [3.63, 3.8) is 0 Å². The van der Waals surface area contributed by atoms with Gasteiger partial charge in [-0.3, -0.25) is 4.79 Å². The van der Waals surface area contributed by atoms with Crippen molar-refractivity contribution in [2.75, 3.05) is 25.5 Å². The second kappa shape index (κ2) is 7.64. The number of aromatic nitrogens is 1. The molecule has 24 heavy (non-hydrogen) atoms. The SMILES string of the molecule is CN1CCC(Oc2ccc(NC(=O)c3ccc(Cl)cc3)cn2)CC1. The molecule has 0 aliphatic carbocycles.